The van der Waals surface area contributed by atoms with Gasteiger partial charge >= 0.3 is 0 Å². The summed E-state index contributed by atoms with van der Waals surface area (Å²) in [6.45, 7) is 1.55. The highest BCUT2D eigenvalue weighted by Gasteiger charge is 2.32. The molecule has 1 aromatic heterocycles. The van der Waals surface area contributed by atoms with Gasteiger partial charge in [-0.05, 0) is 59.7 Å². The Bertz CT molecular complexity index is 1630. The standard InChI is InChI=1S/C30H30N4O5S2/c1-37-24-9-3-21(4-10-24)27-19-29(23-5-11-25(38-2)12-6-23)34(32-27)30-31-28(20-40-30)22-7-13-26(14-8-22)41(35,36)33-15-17-39-18-16-33/h3-14,20,29H,15-19H2,1-2H3/t29-/m1/s1. The van der Waals surface area contributed by atoms with Crippen molar-refractivity contribution in [1.82, 2.24) is 9.29 Å². The van der Waals surface area contributed by atoms with E-state index >= 15 is 0 Å². The van der Waals surface area contributed by atoms with Gasteiger partial charge < -0.3 is 14.2 Å². The molecule has 0 aliphatic carbocycles. The van der Waals surface area contributed by atoms with Crippen molar-refractivity contribution < 1.29 is 22.6 Å². The maximum atomic E-state index is 13.0. The Hall–Kier alpha value is -3.77. The number of hydrogen-bond donors (Lipinski definition) is 0. The van der Waals surface area contributed by atoms with Gasteiger partial charge in [0.1, 0.15) is 11.5 Å². The molecule has 0 bridgehead atoms. The molecule has 3 heterocycles. The molecule has 6 rings (SSSR count). The molecule has 3 aromatic carbocycles. The van der Waals surface area contributed by atoms with Crippen LogP contribution in [0.1, 0.15) is 23.6 Å². The average Bonchev–Trinajstić information content (AvgIpc) is 3.70. The first-order chi connectivity index (χ1) is 20.0. The van der Waals surface area contributed by atoms with Gasteiger partial charge in [0.15, 0.2) is 0 Å². The maximum Gasteiger partial charge on any atom is 0.243 e. The van der Waals surface area contributed by atoms with Crippen LogP contribution in [0.15, 0.2) is 88.2 Å². The summed E-state index contributed by atoms with van der Waals surface area (Å²) in [5, 5.41) is 9.74. The number of anilines is 1. The second-order valence-electron chi connectivity index (χ2n) is 9.67. The lowest BCUT2D eigenvalue weighted by molar-refractivity contribution is 0.0730. The summed E-state index contributed by atoms with van der Waals surface area (Å²) < 4.78 is 43.5. The van der Waals surface area contributed by atoms with Crippen LogP contribution in [-0.4, -0.2) is 63.9 Å². The number of methoxy groups -OCH3 is 2. The van der Waals surface area contributed by atoms with E-state index < -0.39 is 10.0 Å². The van der Waals surface area contributed by atoms with Crippen LogP contribution in [-0.2, 0) is 14.8 Å². The van der Waals surface area contributed by atoms with E-state index in [1.807, 2.05) is 58.9 Å². The first kappa shape index (κ1) is 27.4. The van der Waals surface area contributed by atoms with Crippen LogP contribution in [0.3, 0.4) is 0 Å². The molecule has 0 amide bonds. The molecular formula is C30H30N4O5S2. The molecule has 2 aliphatic rings. The Morgan fingerprint density at radius 2 is 1.46 bits per heavy atom. The summed E-state index contributed by atoms with van der Waals surface area (Å²) in [4.78, 5) is 5.20. The van der Waals surface area contributed by atoms with Gasteiger partial charge in [-0.3, -0.25) is 0 Å². The van der Waals surface area contributed by atoms with Gasteiger partial charge in [-0.15, -0.1) is 11.3 Å². The van der Waals surface area contributed by atoms with Crippen LogP contribution in [0.5, 0.6) is 11.5 Å². The molecule has 0 radical (unpaired) electrons. The van der Waals surface area contributed by atoms with Gasteiger partial charge in [0.2, 0.25) is 15.2 Å². The minimum atomic E-state index is -3.56. The maximum absolute atomic E-state index is 13.0. The Balaban J connectivity index is 1.29. The van der Waals surface area contributed by atoms with Gasteiger partial charge in [-0.25, -0.2) is 18.4 Å². The molecule has 11 heteroatoms. The quantitative estimate of drug-likeness (QED) is 0.278. The zero-order valence-electron chi connectivity index (χ0n) is 22.8. The van der Waals surface area contributed by atoms with E-state index in [-0.39, 0.29) is 10.9 Å². The van der Waals surface area contributed by atoms with E-state index in [2.05, 4.69) is 12.1 Å². The topological polar surface area (TPSA) is 93.6 Å². The summed E-state index contributed by atoms with van der Waals surface area (Å²) in [6, 6.07) is 22.8. The summed E-state index contributed by atoms with van der Waals surface area (Å²) >= 11 is 1.51. The summed E-state index contributed by atoms with van der Waals surface area (Å²) in [5.74, 6) is 1.59. The monoisotopic (exact) mass is 590 g/mol. The predicted octanol–water partition coefficient (Wildman–Crippen LogP) is 5.20. The number of thiazole rings is 1. The van der Waals surface area contributed by atoms with E-state index in [9.17, 15) is 8.42 Å². The molecule has 0 unspecified atom stereocenters. The largest absolute Gasteiger partial charge is 0.497 e. The molecular weight excluding hydrogens is 560 g/mol. The van der Waals surface area contributed by atoms with Crippen LogP contribution in [0.25, 0.3) is 11.3 Å². The molecule has 0 N–H and O–H groups in total. The van der Waals surface area contributed by atoms with Gasteiger partial charge in [0.05, 0.1) is 49.8 Å². The molecule has 9 nitrogen and oxygen atoms in total. The Kier molecular flexibility index (Phi) is 7.76. The second-order valence-corrected chi connectivity index (χ2v) is 12.4. The van der Waals surface area contributed by atoms with Crippen molar-refractivity contribution in [2.75, 3.05) is 45.5 Å². The van der Waals surface area contributed by atoms with Crippen LogP contribution in [0.2, 0.25) is 0 Å². The van der Waals surface area contributed by atoms with E-state index in [1.54, 1.807) is 26.4 Å². The van der Waals surface area contributed by atoms with Crippen LogP contribution < -0.4 is 14.5 Å². The Morgan fingerprint density at radius 3 is 2.10 bits per heavy atom. The van der Waals surface area contributed by atoms with Crippen molar-refractivity contribution in [2.45, 2.75) is 17.4 Å². The molecule has 4 aromatic rings. The molecule has 1 atom stereocenters. The number of benzene rings is 3. The SMILES string of the molecule is COc1ccc(C2=NN(c3nc(-c4ccc(S(=O)(=O)N5CCOCC5)cc4)cs3)[C@@H](c3ccc(OC)cc3)C2)cc1. The van der Waals surface area contributed by atoms with Crippen LogP contribution in [0, 0.1) is 0 Å². The van der Waals surface area contributed by atoms with Crippen LogP contribution >= 0.6 is 11.3 Å². The smallest absolute Gasteiger partial charge is 0.243 e. The fourth-order valence-corrected chi connectivity index (χ4v) is 7.21. The van der Waals surface area contributed by atoms with Crippen molar-refractivity contribution in [3.8, 4) is 22.8 Å². The molecule has 1 saturated heterocycles. The third-order valence-electron chi connectivity index (χ3n) is 7.28. The molecule has 1 fully saturated rings. The molecule has 0 spiro atoms. The van der Waals surface area contributed by atoms with Crippen LogP contribution in [0.4, 0.5) is 5.13 Å². The lowest BCUT2D eigenvalue weighted by Gasteiger charge is -2.26. The predicted molar refractivity (Wildman–Crippen MR) is 159 cm³/mol. The lowest BCUT2D eigenvalue weighted by Crippen LogP contribution is -2.40. The highest BCUT2D eigenvalue weighted by molar-refractivity contribution is 7.89. The zero-order chi connectivity index (χ0) is 28.4. The van der Waals surface area contributed by atoms with Gasteiger partial charge in [-0.2, -0.15) is 9.41 Å². The minimum absolute atomic E-state index is 0.0435. The van der Waals surface area contributed by atoms with Crippen molar-refractivity contribution in [3.63, 3.8) is 0 Å². The van der Waals surface area contributed by atoms with Gasteiger partial charge in [-0.1, -0.05) is 24.3 Å². The van der Waals surface area contributed by atoms with Crippen molar-refractivity contribution >= 4 is 32.2 Å². The number of rotatable bonds is 8. The number of hydrogen-bond acceptors (Lipinski definition) is 9. The minimum Gasteiger partial charge on any atom is -0.497 e. The lowest BCUT2D eigenvalue weighted by atomic mass is 9.98. The van der Waals surface area contributed by atoms with Crippen molar-refractivity contribution in [3.05, 3.63) is 89.3 Å². The first-order valence-corrected chi connectivity index (χ1v) is 15.6. The zero-order valence-corrected chi connectivity index (χ0v) is 24.4. The van der Waals surface area contributed by atoms with Gasteiger partial charge in [0, 0.05) is 30.5 Å². The molecule has 2 aliphatic heterocycles. The second kappa shape index (κ2) is 11.6. The highest BCUT2D eigenvalue weighted by Crippen LogP contribution is 2.40. The first-order valence-electron chi connectivity index (χ1n) is 13.3. The summed E-state index contributed by atoms with van der Waals surface area (Å²) in [7, 11) is -0.247. The number of morpholine rings is 1. The third kappa shape index (κ3) is 5.58. The van der Waals surface area contributed by atoms with E-state index in [1.165, 1.54) is 15.6 Å². The summed E-state index contributed by atoms with van der Waals surface area (Å²) in [5.41, 5.74) is 4.70. The fraction of sp³-hybridized carbons (Fsp3) is 0.267. The number of ether oxygens (including phenoxy) is 3. The van der Waals surface area contributed by atoms with E-state index in [0.29, 0.717) is 32.7 Å². The number of aromatic nitrogens is 1. The number of hydrazone groups is 1. The van der Waals surface area contributed by atoms with Gasteiger partial charge in [0.25, 0.3) is 0 Å². The van der Waals surface area contributed by atoms with Crippen molar-refractivity contribution in [2.24, 2.45) is 5.10 Å². The Morgan fingerprint density at radius 1 is 0.854 bits per heavy atom. The molecule has 41 heavy (non-hydrogen) atoms. The van der Waals surface area contributed by atoms with E-state index in [4.69, 9.17) is 24.3 Å². The molecule has 0 saturated carbocycles. The number of sulfonamides is 1. The highest BCUT2D eigenvalue weighted by atomic mass is 32.2. The average molecular weight is 591 g/mol. The van der Waals surface area contributed by atoms with Crippen molar-refractivity contribution in [1.29, 1.82) is 0 Å². The van der Waals surface area contributed by atoms with E-state index in [0.717, 1.165) is 44.7 Å². The Labute approximate surface area is 243 Å². The third-order valence-corrected chi connectivity index (χ3v) is 10.0. The normalized spacial score (nSPS) is 17.9. The number of nitrogens with zero attached hydrogens (tertiary/aromatic N) is 4. The summed E-state index contributed by atoms with van der Waals surface area (Å²) in [6.07, 6.45) is 0.710. The molecule has 212 valence electrons. The fourth-order valence-electron chi connectivity index (χ4n) is 4.97.